The van der Waals surface area contributed by atoms with Crippen LogP contribution in [0.1, 0.15) is 82.6 Å². The van der Waals surface area contributed by atoms with Gasteiger partial charge in [0, 0.05) is 18.8 Å². The highest BCUT2D eigenvalue weighted by Crippen LogP contribution is 2.23. The number of aliphatic hydroxyl groups excluding tert-OH is 1. The minimum absolute atomic E-state index is 0.334. The summed E-state index contributed by atoms with van der Waals surface area (Å²) >= 11 is 0. The lowest BCUT2D eigenvalue weighted by Gasteiger charge is -2.10. The van der Waals surface area contributed by atoms with Crippen LogP contribution in [0.4, 0.5) is 0 Å². The lowest BCUT2D eigenvalue weighted by Crippen LogP contribution is -1.99. The first-order valence-corrected chi connectivity index (χ1v) is 7.89. The minimum Gasteiger partial charge on any atom is -0.388 e. The summed E-state index contributed by atoms with van der Waals surface area (Å²) in [6.07, 6.45) is 12.4. The molecule has 0 aliphatic rings. The summed E-state index contributed by atoms with van der Waals surface area (Å²) in [6.45, 7) is 4.34. The molecule has 0 spiro atoms. The van der Waals surface area contributed by atoms with Crippen LogP contribution in [0.25, 0.3) is 0 Å². The molecule has 3 heteroatoms. The van der Waals surface area contributed by atoms with Crippen LogP contribution in [-0.2, 0) is 13.5 Å². The van der Waals surface area contributed by atoms with Crippen molar-refractivity contribution >= 4 is 0 Å². The van der Waals surface area contributed by atoms with Crippen molar-refractivity contribution in [3.63, 3.8) is 0 Å². The van der Waals surface area contributed by atoms with E-state index in [1.165, 1.54) is 38.5 Å². The van der Waals surface area contributed by atoms with Crippen molar-refractivity contribution in [1.29, 1.82) is 0 Å². The molecule has 1 atom stereocenters. The predicted molar refractivity (Wildman–Crippen MR) is 80.2 cm³/mol. The van der Waals surface area contributed by atoms with Crippen LogP contribution in [0, 0.1) is 0 Å². The van der Waals surface area contributed by atoms with Crippen LogP contribution in [0.3, 0.4) is 0 Å². The Kier molecular flexibility index (Phi) is 7.80. The maximum atomic E-state index is 10.2. The molecule has 0 saturated carbocycles. The molecule has 19 heavy (non-hydrogen) atoms. The predicted octanol–water partition coefficient (Wildman–Crippen LogP) is 4.16. The Hall–Kier alpha value is -0.830. The second-order valence-corrected chi connectivity index (χ2v) is 5.48. The van der Waals surface area contributed by atoms with Crippen molar-refractivity contribution in [1.82, 2.24) is 9.78 Å². The molecule has 0 aromatic carbocycles. The number of aromatic nitrogens is 2. The average molecular weight is 266 g/mol. The Balaban J connectivity index is 2.21. The van der Waals surface area contributed by atoms with Gasteiger partial charge in [0.05, 0.1) is 11.8 Å². The van der Waals surface area contributed by atoms with Gasteiger partial charge in [-0.1, -0.05) is 58.8 Å². The third-order valence-electron chi connectivity index (χ3n) is 3.71. The van der Waals surface area contributed by atoms with Crippen LogP contribution >= 0.6 is 0 Å². The van der Waals surface area contributed by atoms with Gasteiger partial charge in [0.1, 0.15) is 0 Å². The standard InChI is InChI=1S/C16H30N2O/c1-4-6-7-8-9-10-11-12-16(19)14-13-18(3)17-15(14)5-2/h13,16,19H,4-12H2,1-3H3. The Morgan fingerprint density at radius 2 is 1.74 bits per heavy atom. The van der Waals surface area contributed by atoms with Gasteiger partial charge in [-0.15, -0.1) is 0 Å². The molecule has 0 saturated heterocycles. The number of aliphatic hydroxyl groups is 1. The number of hydrogen-bond acceptors (Lipinski definition) is 2. The molecule has 0 radical (unpaired) electrons. The first-order chi connectivity index (χ1) is 9.19. The molecule has 1 rings (SSSR count). The van der Waals surface area contributed by atoms with E-state index in [1.54, 1.807) is 0 Å². The van der Waals surface area contributed by atoms with Gasteiger partial charge >= 0.3 is 0 Å². The SMILES string of the molecule is CCCCCCCCCC(O)c1cn(C)nc1CC. The molecule has 1 heterocycles. The van der Waals surface area contributed by atoms with E-state index in [1.807, 2.05) is 17.9 Å². The fourth-order valence-electron chi connectivity index (χ4n) is 2.56. The third kappa shape index (κ3) is 5.77. The van der Waals surface area contributed by atoms with E-state index in [0.717, 1.165) is 30.5 Å². The van der Waals surface area contributed by atoms with Gasteiger partial charge in [0.25, 0.3) is 0 Å². The monoisotopic (exact) mass is 266 g/mol. The van der Waals surface area contributed by atoms with Crippen LogP contribution < -0.4 is 0 Å². The van der Waals surface area contributed by atoms with Gasteiger partial charge in [-0.25, -0.2) is 0 Å². The molecule has 0 bridgehead atoms. The van der Waals surface area contributed by atoms with Crippen molar-refractivity contribution in [3.8, 4) is 0 Å². The summed E-state index contributed by atoms with van der Waals surface area (Å²) < 4.78 is 1.81. The van der Waals surface area contributed by atoms with Crippen molar-refractivity contribution < 1.29 is 5.11 Å². The zero-order valence-electron chi connectivity index (χ0n) is 12.9. The molecule has 1 aromatic rings. The topological polar surface area (TPSA) is 38.0 Å². The summed E-state index contributed by atoms with van der Waals surface area (Å²) in [4.78, 5) is 0. The van der Waals surface area contributed by atoms with Gasteiger partial charge in [0.2, 0.25) is 0 Å². The Labute approximate surface area is 118 Å². The van der Waals surface area contributed by atoms with Gasteiger partial charge < -0.3 is 5.11 Å². The highest BCUT2D eigenvalue weighted by Gasteiger charge is 2.14. The second kappa shape index (κ2) is 9.13. The van der Waals surface area contributed by atoms with Crippen LogP contribution in [0.2, 0.25) is 0 Å². The lowest BCUT2D eigenvalue weighted by atomic mass is 10.0. The van der Waals surface area contributed by atoms with Gasteiger partial charge in [-0.2, -0.15) is 5.10 Å². The number of nitrogens with zero attached hydrogens (tertiary/aromatic N) is 2. The van der Waals surface area contributed by atoms with E-state index in [4.69, 9.17) is 0 Å². The van der Waals surface area contributed by atoms with Crippen molar-refractivity contribution in [2.24, 2.45) is 7.05 Å². The van der Waals surface area contributed by atoms with Crippen LogP contribution in [-0.4, -0.2) is 14.9 Å². The van der Waals surface area contributed by atoms with Crippen LogP contribution in [0.15, 0.2) is 6.20 Å². The highest BCUT2D eigenvalue weighted by molar-refractivity contribution is 5.19. The number of aryl methyl sites for hydroxylation is 2. The Morgan fingerprint density at radius 3 is 2.37 bits per heavy atom. The van der Waals surface area contributed by atoms with Crippen LogP contribution in [0.5, 0.6) is 0 Å². The molecule has 1 N–H and O–H groups in total. The molecule has 0 aliphatic carbocycles. The maximum absolute atomic E-state index is 10.2. The molecule has 0 fully saturated rings. The molecular formula is C16H30N2O. The summed E-state index contributed by atoms with van der Waals surface area (Å²) in [5.41, 5.74) is 2.06. The fourth-order valence-corrected chi connectivity index (χ4v) is 2.56. The van der Waals surface area contributed by atoms with Crippen molar-refractivity contribution in [3.05, 3.63) is 17.5 Å². The van der Waals surface area contributed by atoms with Gasteiger partial charge in [-0.05, 0) is 12.8 Å². The molecule has 0 amide bonds. The first kappa shape index (κ1) is 16.2. The molecule has 1 unspecified atom stereocenters. The van der Waals surface area contributed by atoms with E-state index in [-0.39, 0.29) is 6.10 Å². The third-order valence-corrected chi connectivity index (χ3v) is 3.71. The van der Waals surface area contributed by atoms with Crippen molar-refractivity contribution in [2.75, 3.05) is 0 Å². The van der Waals surface area contributed by atoms with E-state index in [9.17, 15) is 5.11 Å². The molecule has 0 aliphatic heterocycles. The quantitative estimate of drug-likeness (QED) is 0.646. The average Bonchev–Trinajstić information content (AvgIpc) is 2.79. The summed E-state index contributed by atoms with van der Waals surface area (Å²) in [6, 6.07) is 0. The highest BCUT2D eigenvalue weighted by atomic mass is 16.3. The summed E-state index contributed by atoms with van der Waals surface area (Å²) in [5.74, 6) is 0. The summed E-state index contributed by atoms with van der Waals surface area (Å²) in [7, 11) is 1.92. The number of rotatable bonds is 10. The number of hydrogen-bond donors (Lipinski definition) is 1. The maximum Gasteiger partial charge on any atom is 0.0823 e. The molecule has 1 aromatic heterocycles. The van der Waals surface area contributed by atoms with Gasteiger partial charge in [-0.3, -0.25) is 4.68 Å². The van der Waals surface area contributed by atoms with E-state index in [0.29, 0.717) is 0 Å². The lowest BCUT2D eigenvalue weighted by molar-refractivity contribution is 0.162. The molecule has 3 nitrogen and oxygen atoms in total. The normalized spacial score (nSPS) is 12.8. The second-order valence-electron chi connectivity index (χ2n) is 5.48. The molecular weight excluding hydrogens is 236 g/mol. The van der Waals surface area contributed by atoms with Crippen molar-refractivity contribution in [2.45, 2.75) is 77.7 Å². The Morgan fingerprint density at radius 1 is 1.11 bits per heavy atom. The van der Waals surface area contributed by atoms with E-state index in [2.05, 4.69) is 18.9 Å². The molecule has 110 valence electrons. The zero-order chi connectivity index (χ0) is 14.1. The zero-order valence-corrected chi connectivity index (χ0v) is 12.9. The smallest absolute Gasteiger partial charge is 0.0823 e. The van der Waals surface area contributed by atoms with E-state index < -0.39 is 0 Å². The van der Waals surface area contributed by atoms with Gasteiger partial charge in [0.15, 0.2) is 0 Å². The first-order valence-electron chi connectivity index (χ1n) is 7.89. The summed E-state index contributed by atoms with van der Waals surface area (Å²) in [5, 5.41) is 14.6. The number of unbranched alkanes of at least 4 members (excludes halogenated alkanes) is 6. The van der Waals surface area contributed by atoms with E-state index >= 15 is 0 Å². The largest absolute Gasteiger partial charge is 0.388 e. The Bertz CT molecular complexity index is 347. The fraction of sp³-hybridized carbons (Fsp3) is 0.812. The minimum atomic E-state index is -0.334.